The molecule has 19 nitrogen and oxygen atoms in total. The van der Waals surface area contributed by atoms with Gasteiger partial charge in [0, 0.05) is 122 Å². The first kappa shape index (κ1) is 122. The third kappa shape index (κ3) is 38.0. The number of fused-ring (bicyclic) bond motifs is 1. The quantitative estimate of drug-likeness (QED) is 0.0123. The molecule has 0 atom stereocenters. The molecule has 11 aromatic heterocycles. The number of nitrogens with zero attached hydrogens (tertiary/aromatic N) is 3. The Morgan fingerprint density at radius 1 is 0.370 bits per heavy atom. The zero-order valence-corrected chi connectivity index (χ0v) is 100. The standard InChI is InChI=1S/C36H42N2O4S4.C28H34Br2O4S3.C28H36O4S3.C16H26B2O4S.CH3F.BHNS/c1-5-41-31(39)15-11-7-9-13-25-21-24(4)43-35(25)28-19-20-29(44-28)36-26(14-10-8-12-16-32(40)42-6-2)22-30(45-36)27-18-17-23(3)33-34(27)38-46-37-33;1-3-33-25(31)13-9-5-7-11-19-17-23(29)36-27(19)21-15-16-22(35-21)28-20(18-24(30)37-28)12-8-6-10-14-26(32)34-4-2;1-3-31-25(29)13-9-5-7-11-21-17-19-33-27(21)23-15-16-24(35-23)28-22(18-20-34-28)12-8-6-10-14-26(30)32-4-2;1-13(2)14(3,4)20-17(19-13)11-9-10-12(23-11)18-21-15(5,6)16(7,8)22-18;1-2;1-2-3/h17-22H,5-16H2,1-4H3;15-18H,3-14H2,1-2H3;15-20H,3-14H2,1-2H3;9-10H,1-8H3;1H3;3H/i;;;;1D;. The van der Waals surface area contributed by atoms with Crippen LogP contribution in [0, 0.1) is 13.8 Å². The molecule has 0 amide bonds. The zero-order chi connectivity index (χ0) is 107. The number of halogens is 3. The number of hydrogen-bond donors (Lipinski definition) is 1. The van der Waals surface area contributed by atoms with Gasteiger partial charge in [-0.05, 0) is 381 Å². The second-order valence-electron chi connectivity index (χ2n) is 37.1. The van der Waals surface area contributed by atoms with Crippen molar-refractivity contribution in [1.29, 1.82) is 0 Å². The number of benzene rings is 1. The van der Waals surface area contributed by atoms with E-state index in [1.54, 1.807) is 34.0 Å². The number of thiol groups is 1. The second kappa shape index (κ2) is 63.6. The molecule has 12 aromatic rings. The number of thiophene rings is 10. The van der Waals surface area contributed by atoms with E-state index in [2.05, 4.69) is 230 Å². The molecular formula is C109H142B3Br2FN3O16S12. The summed E-state index contributed by atoms with van der Waals surface area (Å²) >= 11 is 30.0. The Balaban J connectivity index is 0.000000218. The topological polar surface area (TPSA) is 233 Å². The summed E-state index contributed by atoms with van der Waals surface area (Å²) in [5.41, 5.74) is 11.3. The molecule has 14 rings (SSSR count). The molecule has 2 aliphatic heterocycles. The maximum absolute atomic E-state index is 11.8. The van der Waals surface area contributed by atoms with Crippen molar-refractivity contribution in [2.24, 2.45) is 4.30 Å². The Hall–Kier alpha value is -6.07. The van der Waals surface area contributed by atoms with Gasteiger partial charge in [0.05, 0.1) is 89.9 Å². The normalized spacial score (nSPS) is 13.6. The minimum absolute atomic E-state index is 0.0838. The summed E-state index contributed by atoms with van der Waals surface area (Å²) in [5, 5.41) is 4.38. The van der Waals surface area contributed by atoms with Crippen LogP contribution in [-0.4, -0.2) is 136 Å². The first-order chi connectivity index (χ1) is 70.6. The molecule has 0 unspecified atom stereocenters. The molecule has 0 saturated carbocycles. The van der Waals surface area contributed by atoms with Crippen LogP contribution in [0.5, 0.6) is 0 Å². The van der Waals surface area contributed by atoms with E-state index in [0.717, 1.165) is 193 Å². The molecule has 2 aliphatic rings. The van der Waals surface area contributed by atoms with Crippen LogP contribution >= 0.6 is 170 Å². The number of unbranched alkanes of at least 4 members (excludes halogenated alkanes) is 12. The summed E-state index contributed by atoms with van der Waals surface area (Å²) in [5.74, 6) is -0.553. The summed E-state index contributed by atoms with van der Waals surface area (Å²) < 4.78 is 86.5. The molecule has 791 valence electrons. The van der Waals surface area contributed by atoms with Gasteiger partial charge < -0.3 is 47.0 Å². The first-order valence-corrected chi connectivity index (χ1v) is 61.7. The van der Waals surface area contributed by atoms with Gasteiger partial charge in [-0.1, -0.05) is 62.8 Å². The number of aromatic nitrogens is 2. The fourth-order valence-electron chi connectivity index (χ4n) is 16.4. The van der Waals surface area contributed by atoms with Crippen molar-refractivity contribution < 1.29 is 81.6 Å². The number of carbonyl (C=O) groups excluding carboxylic acids is 6. The van der Waals surface area contributed by atoms with Gasteiger partial charge in [-0.25, -0.2) is 0 Å². The number of carbonyl (C=O) groups is 6. The van der Waals surface area contributed by atoms with Crippen molar-refractivity contribution in [3.8, 4) is 69.0 Å². The van der Waals surface area contributed by atoms with Crippen LogP contribution in [0.2, 0.25) is 0 Å². The number of aryl methyl sites for hydroxylation is 8. The average molecular weight is 2350 g/mol. The molecule has 13 heterocycles. The molecule has 146 heavy (non-hydrogen) atoms. The van der Waals surface area contributed by atoms with Crippen molar-refractivity contribution in [1.82, 2.24) is 8.75 Å². The van der Waals surface area contributed by atoms with E-state index in [-0.39, 0.29) is 72.5 Å². The first-order valence-electron chi connectivity index (χ1n) is 51.4. The number of hydrogen-bond acceptors (Lipinski definition) is 31. The van der Waals surface area contributed by atoms with Crippen LogP contribution in [0.3, 0.4) is 0 Å². The number of alkyl halides is 1. The Morgan fingerprint density at radius 2 is 0.651 bits per heavy atom. The molecule has 1 radical (unpaired) electrons. The fourth-order valence-corrected chi connectivity index (χ4v) is 29.5. The molecule has 1 aromatic carbocycles. The zero-order valence-electron chi connectivity index (χ0n) is 88.2. The summed E-state index contributed by atoms with van der Waals surface area (Å²) in [4.78, 5) is 88.2. The van der Waals surface area contributed by atoms with Crippen LogP contribution in [-0.2, 0) is 114 Å². The van der Waals surface area contributed by atoms with Crippen LogP contribution in [0.25, 0.3) is 80.0 Å². The van der Waals surface area contributed by atoms with Crippen LogP contribution in [0.15, 0.2) is 120 Å². The minimum atomic E-state index is -1.00. The molecule has 0 bridgehead atoms. The Kier molecular flexibility index (Phi) is 53.0. The van der Waals surface area contributed by atoms with Crippen LogP contribution < -0.4 is 9.55 Å². The number of ether oxygens (including phenoxy) is 6. The molecule has 0 spiro atoms. The van der Waals surface area contributed by atoms with E-state index in [9.17, 15) is 33.2 Å². The van der Waals surface area contributed by atoms with E-state index >= 15 is 0 Å². The maximum atomic E-state index is 11.8. The molecule has 37 heteroatoms. The predicted octanol–water partition coefficient (Wildman–Crippen LogP) is 32.5. The third-order valence-corrected chi connectivity index (χ3v) is 38.8. The Morgan fingerprint density at radius 3 is 0.973 bits per heavy atom. The summed E-state index contributed by atoms with van der Waals surface area (Å²) in [6.07, 6.45) is 26.9. The van der Waals surface area contributed by atoms with E-state index in [4.69, 9.17) is 48.4 Å². The summed E-state index contributed by atoms with van der Waals surface area (Å²) in [7, 11) is 2.67. The van der Waals surface area contributed by atoms with Gasteiger partial charge in [0.1, 0.15) is 11.0 Å². The van der Waals surface area contributed by atoms with Crippen molar-refractivity contribution in [3.63, 3.8) is 0 Å². The SMILES string of the molecule is CC1(C)OB(c2ccc(B3OC(C)(C)C(C)(C)O3)s2)OC1(C)C.CCOC(=O)CCCCCc1cc(Br)sc1-c1ccc(-c2sc(Br)cc2CCCCCC(=O)OCC)s1.CCOC(=O)CCCCCc1cc(C)sc1-c1ccc(-c2sc(-c3ccc(C)c4nsnc34)cc2CCCCCC(=O)OCC)s1.CCOC(=O)CCCCCc1ccsc1-c1ccc(-c2sccc2CCCCCC(=O)OCC)s1.[2H]CF.[B]=NS. The molecule has 2 saturated heterocycles. The molecule has 0 aliphatic carbocycles. The second-order valence-corrected chi connectivity index (χ2v) is 51.3. The van der Waals surface area contributed by atoms with Crippen molar-refractivity contribution in [2.45, 2.75) is 326 Å². The molecule has 0 N–H and O–H groups in total. The predicted molar refractivity (Wildman–Crippen MR) is 627 cm³/mol. The van der Waals surface area contributed by atoms with E-state index in [0.29, 0.717) is 78.2 Å². The number of rotatable bonds is 51. The van der Waals surface area contributed by atoms with Crippen LogP contribution in [0.1, 0.15) is 296 Å². The third-order valence-electron chi connectivity index (χ3n) is 25.2. The van der Waals surface area contributed by atoms with Crippen LogP contribution in [0.4, 0.5) is 4.39 Å². The monoisotopic (exact) mass is 2340 g/mol. The average Bonchev–Trinajstić information content (AvgIpc) is 1.60. The Bertz CT molecular complexity index is 5810. The van der Waals surface area contributed by atoms with Crippen molar-refractivity contribution in [2.75, 3.05) is 46.8 Å². The van der Waals surface area contributed by atoms with E-state index in [1.165, 1.54) is 113 Å². The number of esters is 6. The summed E-state index contributed by atoms with van der Waals surface area (Å²) in [6, 6.07) is 35.7. The van der Waals surface area contributed by atoms with E-state index < -0.39 is 7.15 Å². The van der Waals surface area contributed by atoms with Gasteiger partial charge in [-0.3, -0.25) is 33.2 Å². The van der Waals surface area contributed by atoms with Gasteiger partial charge >= 0.3 is 74.8 Å². The van der Waals surface area contributed by atoms with E-state index in [1.807, 2.05) is 133 Å². The van der Waals surface area contributed by atoms with Crippen molar-refractivity contribution >= 4 is 248 Å². The van der Waals surface area contributed by atoms with Gasteiger partial charge in [0.2, 0.25) is 0 Å². The molecule has 2 fully saturated rings. The van der Waals surface area contributed by atoms with Gasteiger partial charge in [-0.15, -0.1) is 102 Å². The Labute approximate surface area is 934 Å². The van der Waals surface area contributed by atoms with Gasteiger partial charge in [-0.2, -0.15) is 20.1 Å². The van der Waals surface area contributed by atoms with Gasteiger partial charge in [0.25, 0.3) is 0 Å². The summed E-state index contributed by atoms with van der Waals surface area (Å²) in [6.45, 7) is 34.6. The van der Waals surface area contributed by atoms with Crippen molar-refractivity contribution in [3.05, 3.63) is 159 Å². The van der Waals surface area contributed by atoms with Gasteiger partial charge in [0.15, 0.2) is 0 Å². The fraction of sp³-hybridized carbons (Fsp3) is 0.523. The molecular weight excluding hydrogens is 2200 g/mol.